The number of hydrogen-bond acceptors (Lipinski definition) is 4. The number of carbonyl (C=O) groups is 1. The molecule has 0 saturated carbocycles. The molecule has 4 nitrogen and oxygen atoms in total. The summed E-state index contributed by atoms with van der Waals surface area (Å²) < 4.78 is 4.04. The number of aromatic carboxylic acids is 1. The predicted octanol–water partition coefficient (Wildman–Crippen LogP) is 1.90. The lowest BCUT2D eigenvalue weighted by molar-refractivity contribution is 0.0697. The van der Waals surface area contributed by atoms with Crippen LogP contribution in [-0.2, 0) is 0 Å². The second-order valence-corrected chi connectivity index (χ2v) is 3.24. The molecule has 0 aliphatic rings. The average Bonchev–Trinajstić information content (AvgIpc) is 2.71. The number of rotatable bonds is 2. The van der Waals surface area contributed by atoms with Crippen LogP contribution >= 0.6 is 11.5 Å². The summed E-state index contributed by atoms with van der Waals surface area (Å²) in [7, 11) is 0. The van der Waals surface area contributed by atoms with E-state index in [0.29, 0.717) is 5.82 Å². The highest BCUT2D eigenvalue weighted by atomic mass is 32.1. The zero-order chi connectivity index (χ0) is 9.97. The van der Waals surface area contributed by atoms with Crippen molar-refractivity contribution in [1.82, 2.24) is 9.36 Å². The van der Waals surface area contributed by atoms with Gasteiger partial charge in [0.2, 0.25) is 0 Å². The Kier molecular flexibility index (Phi) is 2.24. The van der Waals surface area contributed by atoms with Gasteiger partial charge in [-0.15, -0.1) is 0 Å². The van der Waals surface area contributed by atoms with Gasteiger partial charge in [-0.2, -0.15) is 4.37 Å². The van der Waals surface area contributed by atoms with E-state index in [2.05, 4.69) is 9.36 Å². The maximum atomic E-state index is 10.6. The van der Waals surface area contributed by atoms with E-state index in [1.54, 1.807) is 29.8 Å². The molecular formula is C9H6N2O2S. The predicted molar refractivity (Wildman–Crippen MR) is 52.3 cm³/mol. The third-order valence-electron chi connectivity index (χ3n) is 1.75. The Labute approximate surface area is 84.0 Å². The van der Waals surface area contributed by atoms with Crippen LogP contribution in [-0.4, -0.2) is 20.4 Å². The highest BCUT2D eigenvalue weighted by Crippen LogP contribution is 2.16. The van der Waals surface area contributed by atoms with Crippen LogP contribution in [0.4, 0.5) is 0 Å². The fraction of sp³-hybridized carbons (Fsp3) is 0. The molecule has 0 spiro atoms. The van der Waals surface area contributed by atoms with Gasteiger partial charge in [-0.05, 0) is 23.7 Å². The normalized spacial score (nSPS) is 10.0. The molecule has 0 aliphatic carbocycles. The highest BCUT2D eigenvalue weighted by molar-refractivity contribution is 7.03. The third-order valence-corrected chi connectivity index (χ3v) is 2.23. The van der Waals surface area contributed by atoms with Crippen molar-refractivity contribution in [2.24, 2.45) is 0 Å². The molecule has 1 aromatic heterocycles. The number of carboxylic acid groups (broad SMARTS) is 1. The molecule has 0 amide bonds. The van der Waals surface area contributed by atoms with Crippen LogP contribution in [0.1, 0.15) is 10.4 Å². The van der Waals surface area contributed by atoms with Gasteiger partial charge < -0.3 is 5.11 Å². The van der Waals surface area contributed by atoms with Gasteiger partial charge in [0.1, 0.15) is 5.51 Å². The molecular weight excluding hydrogens is 200 g/mol. The molecule has 0 aliphatic heterocycles. The molecule has 0 saturated heterocycles. The molecule has 2 rings (SSSR count). The van der Waals surface area contributed by atoms with E-state index in [1.165, 1.54) is 11.5 Å². The van der Waals surface area contributed by atoms with Crippen LogP contribution in [0.25, 0.3) is 11.4 Å². The summed E-state index contributed by atoms with van der Waals surface area (Å²) in [6, 6.07) is 6.48. The molecule has 1 N–H and O–H groups in total. The second-order valence-electron chi connectivity index (χ2n) is 2.64. The fourth-order valence-electron chi connectivity index (χ4n) is 1.06. The number of hydrogen-bond donors (Lipinski definition) is 1. The topological polar surface area (TPSA) is 63.1 Å². The van der Waals surface area contributed by atoms with Crippen molar-refractivity contribution < 1.29 is 9.90 Å². The van der Waals surface area contributed by atoms with Crippen molar-refractivity contribution in [1.29, 1.82) is 0 Å². The Hall–Kier alpha value is -1.75. The molecule has 14 heavy (non-hydrogen) atoms. The first-order valence-corrected chi connectivity index (χ1v) is 4.71. The van der Waals surface area contributed by atoms with E-state index in [9.17, 15) is 4.79 Å². The van der Waals surface area contributed by atoms with E-state index in [-0.39, 0.29) is 5.56 Å². The molecule has 0 atom stereocenters. The summed E-state index contributed by atoms with van der Waals surface area (Å²) in [5, 5.41) is 8.68. The lowest BCUT2D eigenvalue weighted by Crippen LogP contribution is -1.95. The van der Waals surface area contributed by atoms with Gasteiger partial charge in [0, 0.05) is 5.56 Å². The first kappa shape index (κ1) is 8.83. The summed E-state index contributed by atoms with van der Waals surface area (Å²) >= 11 is 1.27. The molecule has 70 valence electrons. The fourth-order valence-corrected chi connectivity index (χ4v) is 1.51. The molecule has 2 aromatic rings. The quantitative estimate of drug-likeness (QED) is 0.815. The number of benzene rings is 1. The van der Waals surface area contributed by atoms with Gasteiger partial charge in [-0.25, -0.2) is 9.78 Å². The molecule has 0 bridgehead atoms. The maximum absolute atomic E-state index is 10.6. The summed E-state index contributed by atoms with van der Waals surface area (Å²) in [6.45, 7) is 0. The van der Waals surface area contributed by atoms with Crippen molar-refractivity contribution in [3.8, 4) is 11.4 Å². The lowest BCUT2D eigenvalue weighted by Gasteiger charge is -1.96. The molecule has 1 heterocycles. The Bertz CT molecular complexity index is 436. The van der Waals surface area contributed by atoms with Gasteiger partial charge >= 0.3 is 5.97 Å². The van der Waals surface area contributed by atoms with Crippen LogP contribution in [0, 0.1) is 0 Å². The number of aromatic nitrogens is 2. The van der Waals surface area contributed by atoms with Crippen molar-refractivity contribution in [3.05, 3.63) is 35.3 Å². The first-order chi connectivity index (χ1) is 6.77. The minimum atomic E-state index is -0.928. The smallest absolute Gasteiger partial charge is 0.335 e. The number of carboxylic acids is 1. The van der Waals surface area contributed by atoms with Gasteiger partial charge in [-0.3, -0.25) is 0 Å². The zero-order valence-electron chi connectivity index (χ0n) is 7.04. The molecule has 0 unspecified atom stereocenters. The van der Waals surface area contributed by atoms with Crippen molar-refractivity contribution in [3.63, 3.8) is 0 Å². The van der Waals surface area contributed by atoms with E-state index in [1.807, 2.05) is 0 Å². The van der Waals surface area contributed by atoms with Gasteiger partial charge in [0.15, 0.2) is 5.82 Å². The Morgan fingerprint density at radius 2 is 2.00 bits per heavy atom. The Morgan fingerprint density at radius 3 is 2.50 bits per heavy atom. The SMILES string of the molecule is O=C(O)c1ccc(-c2ncsn2)cc1. The number of nitrogens with zero attached hydrogens (tertiary/aromatic N) is 2. The second kappa shape index (κ2) is 3.55. The van der Waals surface area contributed by atoms with Crippen LogP contribution in [0.3, 0.4) is 0 Å². The van der Waals surface area contributed by atoms with Crippen LogP contribution < -0.4 is 0 Å². The van der Waals surface area contributed by atoms with E-state index in [4.69, 9.17) is 5.11 Å². The van der Waals surface area contributed by atoms with Crippen molar-refractivity contribution >= 4 is 17.5 Å². The monoisotopic (exact) mass is 206 g/mol. The van der Waals surface area contributed by atoms with Crippen molar-refractivity contribution in [2.75, 3.05) is 0 Å². The van der Waals surface area contributed by atoms with Gasteiger partial charge in [-0.1, -0.05) is 12.1 Å². The minimum Gasteiger partial charge on any atom is -0.478 e. The minimum absolute atomic E-state index is 0.268. The van der Waals surface area contributed by atoms with Crippen LogP contribution in [0.2, 0.25) is 0 Å². The first-order valence-electron chi connectivity index (χ1n) is 3.87. The molecule has 0 fully saturated rings. The Morgan fingerprint density at radius 1 is 1.29 bits per heavy atom. The standard InChI is InChI=1S/C9H6N2O2S/c12-9(13)7-3-1-6(2-4-7)8-10-5-14-11-8/h1-5H,(H,12,13). The Balaban J connectivity index is 2.36. The van der Waals surface area contributed by atoms with E-state index >= 15 is 0 Å². The summed E-state index contributed by atoms with van der Waals surface area (Å²) in [5.74, 6) is -0.297. The largest absolute Gasteiger partial charge is 0.478 e. The van der Waals surface area contributed by atoms with Crippen LogP contribution in [0.5, 0.6) is 0 Å². The molecule has 5 heteroatoms. The van der Waals surface area contributed by atoms with E-state index in [0.717, 1.165) is 5.56 Å². The highest BCUT2D eigenvalue weighted by Gasteiger charge is 2.04. The van der Waals surface area contributed by atoms with Crippen LogP contribution in [0.15, 0.2) is 29.8 Å². The lowest BCUT2D eigenvalue weighted by atomic mass is 10.1. The molecule has 1 aromatic carbocycles. The van der Waals surface area contributed by atoms with E-state index < -0.39 is 5.97 Å². The van der Waals surface area contributed by atoms with Gasteiger partial charge in [0.05, 0.1) is 5.56 Å². The summed E-state index contributed by atoms with van der Waals surface area (Å²) in [4.78, 5) is 14.6. The summed E-state index contributed by atoms with van der Waals surface area (Å²) in [6.07, 6.45) is 0. The third kappa shape index (κ3) is 1.62. The van der Waals surface area contributed by atoms with Gasteiger partial charge in [0.25, 0.3) is 0 Å². The summed E-state index contributed by atoms with van der Waals surface area (Å²) in [5.41, 5.74) is 2.74. The average molecular weight is 206 g/mol. The zero-order valence-corrected chi connectivity index (χ0v) is 7.86. The maximum Gasteiger partial charge on any atom is 0.335 e. The molecule has 0 radical (unpaired) electrons. The van der Waals surface area contributed by atoms with Crippen molar-refractivity contribution in [2.45, 2.75) is 0 Å².